The second kappa shape index (κ2) is 8.27. The van der Waals surface area contributed by atoms with Crippen molar-refractivity contribution in [1.82, 2.24) is 19.4 Å². The van der Waals surface area contributed by atoms with E-state index in [0.717, 1.165) is 41.4 Å². The van der Waals surface area contributed by atoms with Gasteiger partial charge in [0, 0.05) is 18.3 Å². The number of hydrogen-bond donors (Lipinski definition) is 1. The predicted octanol–water partition coefficient (Wildman–Crippen LogP) is 5.19. The summed E-state index contributed by atoms with van der Waals surface area (Å²) in [6.07, 6.45) is 10.2. The lowest BCUT2D eigenvalue weighted by molar-refractivity contribution is 0.442. The third kappa shape index (κ3) is 4.52. The molecule has 3 rings (SSSR count). The minimum absolute atomic E-state index is 0.0913. The van der Waals surface area contributed by atoms with Crippen LogP contribution in [0.25, 0.3) is 29.3 Å². The van der Waals surface area contributed by atoms with Crippen LogP contribution in [0.2, 0.25) is 0 Å². The molecule has 29 heavy (non-hydrogen) atoms. The molecule has 0 aliphatic carbocycles. The molecule has 3 aromatic rings. The van der Waals surface area contributed by atoms with E-state index in [0.29, 0.717) is 11.4 Å². The highest BCUT2D eigenvalue weighted by Crippen LogP contribution is 2.27. The van der Waals surface area contributed by atoms with Gasteiger partial charge in [0.15, 0.2) is 5.82 Å². The van der Waals surface area contributed by atoms with Gasteiger partial charge in [-0.2, -0.15) is 5.26 Å². The van der Waals surface area contributed by atoms with Crippen molar-refractivity contribution in [3.63, 3.8) is 0 Å². The molecule has 0 radical (unpaired) electrons. The molecule has 0 saturated heterocycles. The van der Waals surface area contributed by atoms with E-state index < -0.39 is 0 Å². The van der Waals surface area contributed by atoms with E-state index in [2.05, 4.69) is 56.7 Å². The largest absolute Gasteiger partial charge is 0.369 e. The van der Waals surface area contributed by atoms with Crippen LogP contribution in [0.1, 0.15) is 50.9 Å². The Balaban J connectivity index is 2.19. The van der Waals surface area contributed by atoms with Crippen LogP contribution >= 0.6 is 0 Å². The van der Waals surface area contributed by atoms with E-state index in [1.54, 1.807) is 24.5 Å². The van der Waals surface area contributed by atoms with Gasteiger partial charge in [0.25, 0.3) is 0 Å². The first-order valence-electron chi connectivity index (χ1n) is 9.68. The van der Waals surface area contributed by atoms with E-state index >= 15 is 0 Å². The second-order valence-corrected chi connectivity index (χ2v) is 8.02. The Kier molecular flexibility index (Phi) is 5.79. The average molecular weight is 387 g/mol. The fourth-order valence-corrected chi connectivity index (χ4v) is 2.85. The second-order valence-electron chi connectivity index (χ2n) is 8.02. The summed E-state index contributed by atoms with van der Waals surface area (Å²) in [4.78, 5) is 14.0. The summed E-state index contributed by atoms with van der Waals surface area (Å²) in [6.45, 7) is 13.3. The third-order valence-corrected chi connectivity index (χ3v) is 4.34. The van der Waals surface area contributed by atoms with Crippen LogP contribution < -0.4 is 5.32 Å². The maximum atomic E-state index is 9.25. The number of hydrogen-bond acceptors (Lipinski definition) is 5. The van der Waals surface area contributed by atoms with Gasteiger partial charge in [-0.25, -0.2) is 15.0 Å². The van der Waals surface area contributed by atoms with Gasteiger partial charge in [-0.15, -0.1) is 0 Å². The number of anilines is 1. The molecule has 6 heteroatoms. The van der Waals surface area contributed by atoms with Crippen molar-refractivity contribution in [2.75, 3.05) is 11.9 Å². The molecule has 0 saturated carbocycles. The van der Waals surface area contributed by atoms with Crippen LogP contribution in [-0.4, -0.2) is 25.9 Å². The first-order valence-corrected chi connectivity index (χ1v) is 9.68. The molecule has 0 unspecified atom stereocenters. The van der Waals surface area contributed by atoms with Gasteiger partial charge in [0.2, 0.25) is 0 Å². The van der Waals surface area contributed by atoms with Crippen molar-refractivity contribution < 1.29 is 0 Å². The molecule has 0 amide bonds. The molecular formula is C23H26N6. The Labute approximate surface area is 171 Å². The van der Waals surface area contributed by atoms with E-state index in [1.165, 1.54) is 0 Å². The Morgan fingerprint density at radius 2 is 2.07 bits per heavy atom. The van der Waals surface area contributed by atoms with Crippen LogP contribution in [0, 0.1) is 16.7 Å². The molecule has 0 aromatic carbocycles. The Morgan fingerprint density at radius 1 is 1.28 bits per heavy atom. The van der Waals surface area contributed by atoms with Gasteiger partial charge >= 0.3 is 0 Å². The third-order valence-electron chi connectivity index (χ3n) is 4.34. The summed E-state index contributed by atoms with van der Waals surface area (Å²) in [7, 11) is 0. The van der Waals surface area contributed by atoms with Crippen LogP contribution in [0.15, 0.2) is 37.2 Å². The molecule has 0 fully saturated rings. The molecule has 1 N–H and O–H groups in total. The van der Waals surface area contributed by atoms with Crippen LogP contribution in [0.4, 0.5) is 5.82 Å². The number of nitrogens with one attached hydrogen (secondary N) is 1. The SMILES string of the molecule is C=Cc1c(C=CCC)nc(-c2cnc3ccc(C#N)cn23)nc1NCC(C)(C)C. The van der Waals surface area contributed by atoms with E-state index in [4.69, 9.17) is 9.97 Å². The van der Waals surface area contributed by atoms with Gasteiger partial charge in [-0.1, -0.05) is 46.4 Å². The lowest BCUT2D eigenvalue weighted by Crippen LogP contribution is -2.20. The van der Waals surface area contributed by atoms with Crippen LogP contribution in [0.5, 0.6) is 0 Å². The fourth-order valence-electron chi connectivity index (χ4n) is 2.85. The maximum absolute atomic E-state index is 9.25. The topological polar surface area (TPSA) is 78.9 Å². The van der Waals surface area contributed by atoms with E-state index in [9.17, 15) is 5.26 Å². The van der Waals surface area contributed by atoms with Crippen molar-refractivity contribution in [3.05, 3.63) is 54.0 Å². The summed E-state index contributed by atoms with van der Waals surface area (Å²) >= 11 is 0. The lowest BCUT2D eigenvalue weighted by Gasteiger charge is -2.21. The molecular weight excluding hydrogens is 360 g/mol. The molecule has 0 atom stereocenters. The zero-order valence-electron chi connectivity index (χ0n) is 17.4. The Morgan fingerprint density at radius 3 is 2.72 bits per heavy atom. The molecule has 6 nitrogen and oxygen atoms in total. The van der Waals surface area contributed by atoms with Gasteiger partial charge < -0.3 is 5.32 Å². The number of fused-ring (bicyclic) bond motifs is 1. The number of nitriles is 1. The molecule has 0 aliphatic rings. The molecule has 148 valence electrons. The summed E-state index contributed by atoms with van der Waals surface area (Å²) in [5.41, 5.74) is 3.79. The minimum Gasteiger partial charge on any atom is -0.369 e. The molecule has 0 aliphatic heterocycles. The van der Waals surface area contributed by atoms with E-state index in [1.807, 2.05) is 16.5 Å². The molecule has 0 spiro atoms. The molecule has 3 heterocycles. The van der Waals surface area contributed by atoms with Gasteiger partial charge in [-0.05, 0) is 30.0 Å². The number of aromatic nitrogens is 4. The van der Waals surface area contributed by atoms with Gasteiger partial charge in [-0.3, -0.25) is 4.40 Å². The van der Waals surface area contributed by atoms with Crippen LogP contribution in [0.3, 0.4) is 0 Å². The highest BCUT2D eigenvalue weighted by Gasteiger charge is 2.17. The highest BCUT2D eigenvalue weighted by molar-refractivity contribution is 5.73. The lowest BCUT2D eigenvalue weighted by atomic mass is 9.97. The van der Waals surface area contributed by atoms with Crippen molar-refractivity contribution in [1.29, 1.82) is 5.26 Å². The number of imidazole rings is 1. The number of rotatable bonds is 6. The van der Waals surface area contributed by atoms with Crippen molar-refractivity contribution >= 4 is 23.6 Å². The summed E-state index contributed by atoms with van der Waals surface area (Å²) in [5, 5.41) is 12.7. The smallest absolute Gasteiger partial charge is 0.180 e. The summed E-state index contributed by atoms with van der Waals surface area (Å²) in [6, 6.07) is 5.73. The first kappa shape index (κ1) is 20.3. The zero-order valence-corrected chi connectivity index (χ0v) is 17.4. The van der Waals surface area contributed by atoms with Crippen molar-refractivity contribution in [2.45, 2.75) is 34.1 Å². The van der Waals surface area contributed by atoms with Crippen LogP contribution in [-0.2, 0) is 0 Å². The monoisotopic (exact) mass is 386 g/mol. The fraction of sp³-hybridized carbons (Fsp3) is 0.304. The quantitative estimate of drug-likeness (QED) is 0.631. The molecule has 0 bridgehead atoms. The number of nitrogens with zero attached hydrogens (tertiary/aromatic N) is 5. The maximum Gasteiger partial charge on any atom is 0.180 e. The highest BCUT2D eigenvalue weighted by atomic mass is 15.1. The van der Waals surface area contributed by atoms with E-state index in [-0.39, 0.29) is 5.41 Å². The van der Waals surface area contributed by atoms with Gasteiger partial charge in [0.1, 0.15) is 23.2 Å². The first-order chi connectivity index (χ1) is 13.9. The zero-order chi connectivity index (χ0) is 21.0. The Hall–Kier alpha value is -3.46. The van der Waals surface area contributed by atoms with Crippen molar-refractivity contribution in [3.8, 4) is 17.6 Å². The standard InChI is InChI=1S/C23H26N6/c1-6-8-9-18-17(7-2)21(26-15-23(3,4)5)28-22(27-18)19-13-25-20-11-10-16(12-24)14-29(19)20/h7-11,13-14H,2,6,15H2,1,3-5H3,(H,26,27,28). The molecule has 3 aromatic heterocycles. The summed E-state index contributed by atoms with van der Waals surface area (Å²) < 4.78 is 1.85. The average Bonchev–Trinajstić information content (AvgIpc) is 3.12. The normalized spacial score (nSPS) is 11.7. The Bertz CT molecular complexity index is 1110. The predicted molar refractivity (Wildman–Crippen MR) is 118 cm³/mol. The summed E-state index contributed by atoms with van der Waals surface area (Å²) in [5.74, 6) is 1.28. The minimum atomic E-state index is 0.0913. The van der Waals surface area contributed by atoms with Gasteiger partial charge in [0.05, 0.1) is 17.5 Å². The number of pyridine rings is 1. The number of allylic oxidation sites excluding steroid dienone is 1. The van der Waals surface area contributed by atoms with Crippen molar-refractivity contribution in [2.24, 2.45) is 5.41 Å².